The molecule has 4 aliphatic carbocycles. The predicted octanol–water partition coefficient (Wildman–Crippen LogP) is 19.3. The summed E-state index contributed by atoms with van der Waals surface area (Å²) in [6, 6.07) is 77.9. The Bertz CT molecular complexity index is 3560. The van der Waals surface area contributed by atoms with E-state index in [1.807, 2.05) is 0 Å². The topological polar surface area (TPSA) is 3.24 Å². The SMILES string of the molecule is CC(C)(C)c1ccc(C2(c3ccc(C(C)(C)C)cc3)c3ccccc3-c3ccc(N(c4ccc(-c5cccc6c5C(C)(C)c5ccccc5-6)cc4)c4ccc5c(c4)C4(CCCCC4)c4ccccc4-5)cc32)cc1. The first-order chi connectivity index (χ1) is 35.2. The molecule has 0 atom stereocenters. The van der Waals surface area contributed by atoms with Crippen molar-refractivity contribution in [3.8, 4) is 44.5 Å². The molecular weight excluding hydrogens is 879 g/mol. The van der Waals surface area contributed by atoms with Crippen LogP contribution in [0.15, 0.2) is 200 Å². The molecule has 0 aromatic heterocycles. The molecule has 0 aliphatic heterocycles. The van der Waals surface area contributed by atoms with Gasteiger partial charge in [0.05, 0.1) is 5.41 Å². The van der Waals surface area contributed by atoms with E-state index in [0.717, 1.165) is 11.4 Å². The van der Waals surface area contributed by atoms with Crippen LogP contribution in [-0.2, 0) is 27.1 Å². The van der Waals surface area contributed by atoms with E-state index in [-0.39, 0.29) is 21.7 Å². The highest BCUT2D eigenvalue weighted by atomic mass is 15.1. The molecule has 0 saturated heterocycles. The van der Waals surface area contributed by atoms with Gasteiger partial charge in [-0.2, -0.15) is 0 Å². The fraction of sp³-hybridized carbons (Fsp3) is 0.250. The van der Waals surface area contributed by atoms with Gasteiger partial charge in [-0.15, -0.1) is 0 Å². The summed E-state index contributed by atoms with van der Waals surface area (Å²) in [5.41, 5.74) is 27.3. The number of anilines is 3. The molecule has 0 bridgehead atoms. The van der Waals surface area contributed by atoms with Gasteiger partial charge in [-0.05, 0) is 160 Å². The molecule has 1 fully saturated rings. The molecule has 1 heteroatoms. The lowest BCUT2D eigenvalue weighted by Gasteiger charge is -2.37. The van der Waals surface area contributed by atoms with Gasteiger partial charge in [0, 0.05) is 27.9 Å². The Balaban J connectivity index is 1.03. The minimum Gasteiger partial charge on any atom is -0.310 e. The highest BCUT2D eigenvalue weighted by Crippen LogP contribution is 2.60. The second-order valence-corrected chi connectivity index (χ2v) is 24.4. The van der Waals surface area contributed by atoms with E-state index in [1.165, 1.54) is 138 Å². The minimum absolute atomic E-state index is 0.0287. The van der Waals surface area contributed by atoms with E-state index in [2.05, 4.69) is 260 Å². The van der Waals surface area contributed by atoms with Crippen molar-refractivity contribution in [2.24, 2.45) is 0 Å². The number of hydrogen-bond donors (Lipinski definition) is 0. The molecule has 0 N–H and O–H groups in total. The van der Waals surface area contributed by atoms with Crippen LogP contribution in [0.2, 0.25) is 0 Å². The number of hydrogen-bond acceptors (Lipinski definition) is 1. The van der Waals surface area contributed by atoms with Crippen molar-refractivity contribution >= 4 is 17.1 Å². The van der Waals surface area contributed by atoms with Crippen molar-refractivity contribution in [1.82, 2.24) is 0 Å². The van der Waals surface area contributed by atoms with Crippen LogP contribution in [0.4, 0.5) is 17.1 Å². The lowest BCUT2D eigenvalue weighted by molar-refractivity contribution is 0.353. The molecule has 0 heterocycles. The van der Waals surface area contributed by atoms with Crippen molar-refractivity contribution in [2.75, 3.05) is 4.90 Å². The first kappa shape index (κ1) is 45.6. The lowest BCUT2D eigenvalue weighted by Crippen LogP contribution is -2.29. The smallest absolute Gasteiger partial charge is 0.0714 e. The van der Waals surface area contributed by atoms with E-state index >= 15 is 0 Å². The monoisotopic (exact) mass is 946 g/mol. The first-order valence-electron chi connectivity index (χ1n) is 27.0. The summed E-state index contributed by atoms with van der Waals surface area (Å²) in [5, 5.41) is 0. The van der Waals surface area contributed by atoms with E-state index in [4.69, 9.17) is 0 Å². The fourth-order valence-corrected chi connectivity index (χ4v) is 14.2. The van der Waals surface area contributed by atoms with Gasteiger partial charge >= 0.3 is 0 Å². The summed E-state index contributed by atoms with van der Waals surface area (Å²) in [5.74, 6) is 0. The average Bonchev–Trinajstić information content (AvgIpc) is 3.95. The minimum atomic E-state index is -0.561. The maximum Gasteiger partial charge on any atom is 0.0714 e. The summed E-state index contributed by atoms with van der Waals surface area (Å²) in [7, 11) is 0. The third kappa shape index (κ3) is 6.80. The Morgan fingerprint density at radius 2 is 0.795 bits per heavy atom. The van der Waals surface area contributed by atoms with Crippen molar-refractivity contribution in [3.63, 3.8) is 0 Å². The molecule has 1 spiro atoms. The maximum absolute atomic E-state index is 2.59. The molecule has 13 rings (SSSR count). The molecule has 9 aromatic carbocycles. The van der Waals surface area contributed by atoms with Crippen LogP contribution in [0.5, 0.6) is 0 Å². The zero-order valence-electron chi connectivity index (χ0n) is 44.0. The summed E-state index contributed by atoms with van der Waals surface area (Å²) in [4.78, 5) is 2.57. The van der Waals surface area contributed by atoms with Crippen LogP contribution < -0.4 is 4.90 Å². The number of rotatable bonds is 6. The van der Waals surface area contributed by atoms with Crippen LogP contribution in [0.1, 0.15) is 143 Å². The standard InChI is InChI=1S/C72H67N/c1-68(2,3)48-29-33-50(34-30-48)72(51-35-31-49(32-36-51)69(4,5)6)64-26-15-12-20-57(64)60-42-40-54(46-66(60)72)73(53-39-41-59-56-19-11-14-25-63(56)71(65(59)45-53)43-16-9-17-44-71)52-37-27-47(28-38-52)55-22-18-23-61-58-21-10-13-24-62(58)70(7,8)67(55)61/h10-15,18-42,45-46H,9,16-17,43-44H2,1-8H3. The van der Waals surface area contributed by atoms with Gasteiger partial charge in [-0.1, -0.05) is 238 Å². The molecule has 4 aliphatic rings. The van der Waals surface area contributed by atoms with Crippen LogP contribution in [0.3, 0.4) is 0 Å². The zero-order valence-corrected chi connectivity index (χ0v) is 44.0. The zero-order chi connectivity index (χ0) is 50.1. The van der Waals surface area contributed by atoms with Crippen LogP contribution in [-0.4, -0.2) is 0 Å². The summed E-state index contributed by atoms with van der Waals surface area (Å²) in [6.45, 7) is 18.7. The first-order valence-corrected chi connectivity index (χ1v) is 27.0. The van der Waals surface area contributed by atoms with Gasteiger partial charge < -0.3 is 4.90 Å². The van der Waals surface area contributed by atoms with E-state index < -0.39 is 5.41 Å². The Kier molecular flexibility index (Phi) is 10.2. The third-order valence-corrected chi connectivity index (χ3v) is 17.9. The number of benzene rings is 9. The largest absolute Gasteiger partial charge is 0.310 e. The predicted molar refractivity (Wildman–Crippen MR) is 308 cm³/mol. The van der Waals surface area contributed by atoms with E-state index in [9.17, 15) is 0 Å². The van der Waals surface area contributed by atoms with Crippen molar-refractivity contribution in [2.45, 2.75) is 115 Å². The number of fused-ring (bicyclic) bond motifs is 11. The van der Waals surface area contributed by atoms with Gasteiger partial charge in [0.25, 0.3) is 0 Å². The van der Waals surface area contributed by atoms with E-state index in [0.29, 0.717) is 0 Å². The molecule has 1 nitrogen and oxygen atoms in total. The van der Waals surface area contributed by atoms with Gasteiger partial charge in [0.15, 0.2) is 0 Å². The van der Waals surface area contributed by atoms with Gasteiger partial charge in [0.1, 0.15) is 0 Å². The molecule has 0 unspecified atom stereocenters. The van der Waals surface area contributed by atoms with Crippen molar-refractivity contribution in [1.29, 1.82) is 0 Å². The second kappa shape index (κ2) is 16.4. The number of nitrogens with zero attached hydrogens (tertiary/aromatic N) is 1. The second-order valence-electron chi connectivity index (χ2n) is 24.4. The molecule has 0 amide bonds. The Labute approximate surface area is 434 Å². The van der Waals surface area contributed by atoms with Crippen LogP contribution >= 0.6 is 0 Å². The van der Waals surface area contributed by atoms with Crippen LogP contribution in [0, 0.1) is 0 Å². The van der Waals surface area contributed by atoms with E-state index in [1.54, 1.807) is 0 Å². The summed E-state index contributed by atoms with van der Waals surface area (Å²) >= 11 is 0. The van der Waals surface area contributed by atoms with Crippen LogP contribution in [0.25, 0.3) is 44.5 Å². The quantitative estimate of drug-likeness (QED) is 0.161. The Morgan fingerprint density at radius 3 is 1.37 bits per heavy atom. The van der Waals surface area contributed by atoms with Gasteiger partial charge in [0.2, 0.25) is 0 Å². The Hall–Kier alpha value is -7.22. The molecular formula is C72H67N. The third-order valence-electron chi connectivity index (χ3n) is 17.9. The highest BCUT2D eigenvalue weighted by Gasteiger charge is 2.48. The Morgan fingerprint density at radius 1 is 0.356 bits per heavy atom. The molecule has 1 saturated carbocycles. The highest BCUT2D eigenvalue weighted by molar-refractivity contribution is 5.92. The fourth-order valence-electron chi connectivity index (χ4n) is 14.2. The van der Waals surface area contributed by atoms with Gasteiger partial charge in [-0.3, -0.25) is 0 Å². The molecule has 360 valence electrons. The normalized spacial score (nSPS) is 16.3. The van der Waals surface area contributed by atoms with Crippen molar-refractivity contribution in [3.05, 3.63) is 256 Å². The molecule has 0 radical (unpaired) electrons. The lowest BCUT2D eigenvalue weighted by atomic mass is 9.67. The summed E-state index contributed by atoms with van der Waals surface area (Å²) in [6.07, 6.45) is 6.21. The van der Waals surface area contributed by atoms with Crippen molar-refractivity contribution < 1.29 is 0 Å². The summed E-state index contributed by atoms with van der Waals surface area (Å²) < 4.78 is 0. The molecule has 73 heavy (non-hydrogen) atoms. The maximum atomic E-state index is 2.59. The average molecular weight is 946 g/mol. The van der Waals surface area contributed by atoms with Gasteiger partial charge in [-0.25, -0.2) is 0 Å². The molecule has 9 aromatic rings.